The molecule has 0 bridgehead atoms. The third kappa shape index (κ3) is 5.14. The zero-order chi connectivity index (χ0) is 21.3. The summed E-state index contributed by atoms with van der Waals surface area (Å²) in [5, 5.41) is 0. The molecule has 1 aliphatic heterocycles. The molecule has 29 heavy (non-hydrogen) atoms. The van der Waals surface area contributed by atoms with Crippen LogP contribution in [0.1, 0.15) is 17.2 Å². The Morgan fingerprint density at radius 2 is 1.93 bits per heavy atom. The Morgan fingerprint density at radius 3 is 2.59 bits per heavy atom. The first kappa shape index (κ1) is 21.7. The molecule has 2 aromatic carbocycles. The predicted octanol–water partition coefficient (Wildman–Crippen LogP) is 4.33. The Hall–Kier alpha value is -1.98. The average Bonchev–Trinajstić information content (AvgIpc) is 3.07. The van der Waals surface area contributed by atoms with Gasteiger partial charge in [-0.2, -0.15) is 0 Å². The van der Waals surface area contributed by atoms with Crippen molar-refractivity contribution in [1.29, 1.82) is 0 Å². The minimum atomic E-state index is -4.74. The Kier molecular flexibility index (Phi) is 6.30. The van der Waals surface area contributed by atoms with E-state index in [-0.39, 0.29) is 22.6 Å². The number of carbonyl (C=O) groups is 1. The van der Waals surface area contributed by atoms with Crippen molar-refractivity contribution in [3.8, 4) is 5.75 Å². The molecule has 0 saturated heterocycles. The predicted molar refractivity (Wildman–Crippen MR) is 106 cm³/mol. The number of nitrogens with zero attached hydrogens (tertiary/aromatic N) is 1. The summed E-state index contributed by atoms with van der Waals surface area (Å²) in [6.45, 7) is 0.111. The van der Waals surface area contributed by atoms with E-state index in [0.717, 1.165) is 18.2 Å². The van der Waals surface area contributed by atoms with Crippen LogP contribution in [0.4, 0.5) is 13.6 Å². The molecule has 3 rings (SSSR count). The summed E-state index contributed by atoms with van der Waals surface area (Å²) in [6, 6.07) is 8.61. The van der Waals surface area contributed by atoms with Gasteiger partial charge in [0.1, 0.15) is 0 Å². The summed E-state index contributed by atoms with van der Waals surface area (Å²) in [6.07, 6.45) is 1.67. The first-order valence-electron chi connectivity index (χ1n) is 8.54. The number of phosphoric acid groups is 1. The second kappa shape index (κ2) is 8.40. The molecule has 6 nitrogen and oxygen atoms in total. The number of amides is 1. The molecule has 1 aliphatic rings. The molecule has 0 saturated carbocycles. The van der Waals surface area contributed by atoms with Crippen LogP contribution in [-0.2, 0) is 4.57 Å². The molecule has 0 aliphatic carbocycles. The van der Waals surface area contributed by atoms with Crippen LogP contribution >= 0.6 is 7.82 Å². The molecule has 1 atom stereocenters. The van der Waals surface area contributed by atoms with Crippen LogP contribution in [0.5, 0.6) is 5.75 Å². The molecule has 0 spiro atoms. The average molecular weight is 485 g/mol. The third-order valence-electron chi connectivity index (χ3n) is 4.36. The van der Waals surface area contributed by atoms with Crippen molar-refractivity contribution in [2.75, 3.05) is 6.54 Å². The van der Waals surface area contributed by atoms with Gasteiger partial charge in [-0.15, -0.1) is 0 Å². The van der Waals surface area contributed by atoms with Crippen molar-refractivity contribution < 1.29 is 32.5 Å². The number of halogens is 2. The molecule has 0 aromatic heterocycles. The van der Waals surface area contributed by atoms with E-state index >= 15 is 0 Å². The van der Waals surface area contributed by atoms with Crippen molar-refractivity contribution >= 4 is 32.7 Å². The quantitative estimate of drug-likeness (QED) is 0.487. The first-order valence-corrected chi connectivity index (χ1v) is 14.8. The Morgan fingerprint density at radius 1 is 1.21 bits per heavy atom. The van der Waals surface area contributed by atoms with Gasteiger partial charge in [-0.05, 0) is 0 Å². The standard InChI is InChI=1S/C19H19AsF2NO5P/c1-20(2)19(24)23-11-13(16-10-14(21)6-7-17(16)22)9-18(23)12-4-3-5-15(8-12)28-29(25,26)27/h3-10,18H,11H2,1-2H3,(H2,25,26,27)/t18-/m0/s1. The van der Waals surface area contributed by atoms with E-state index in [2.05, 4.69) is 4.52 Å². The van der Waals surface area contributed by atoms with Crippen LogP contribution in [0.15, 0.2) is 48.5 Å². The summed E-state index contributed by atoms with van der Waals surface area (Å²) in [5.74, 6) is -1.23. The van der Waals surface area contributed by atoms with E-state index in [1.165, 1.54) is 12.1 Å². The van der Waals surface area contributed by atoms with Crippen molar-refractivity contribution in [1.82, 2.24) is 4.90 Å². The molecule has 0 unspecified atom stereocenters. The van der Waals surface area contributed by atoms with Crippen LogP contribution in [0.3, 0.4) is 0 Å². The Balaban J connectivity index is 2.04. The molecule has 2 aromatic rings. The molecule has 2 N–H and O–H groups in total. The fourth-order valence-corrected chi connectivity index (χ4v) is 5.02. The number of benzene rings is 2. The Labute approximate surface area is 171 Å². The summed E-state index contributed by atoms with van der Waals surface area (Å²) in [4.78, 5) is 32.4. The van der Waals surface area contributed by atoms with E-state index in [0.29, 0.717) is 11.1 Å². The van der Waals surface area contributed by atoms with E-state index in [1.54, 1.807) is 23.1 Å². The summed E-state index contributed by atoms with van der Waals surface area (Å²) >= 11 is -1.81. The molecule has 0 radical (unpaired) electrons. The number of carbonyl (C=O) groups excluding carboxylic acids is 1. The van der Waals surface area contributed by atoms with Crippen molar-refractivity contribution in [3.63, 3.8) is 0 Å². The first-order chi connectivity index (χ1) is 13.5. The second-order valence-electron chi connectivity index (χ2n) is 6.72. The number of phosphoric ester groups is 1. The monoisotopic (exact) mass is 485 g/mol. The van der Waals surface area contributed by atoms with Crippen LogP contribution in [0, 0.1) is 11.6 Å². The summed E-state index contributed by atoms with van der Waals surface area (Å²) in [5.41, 5.74) is 4.85. The molecule has 1 heterocycles. The number of rotatable bonds is 5. The maximum atomic E-state index is 14.3. The van der Waals surface area contributed by atoms with Gasteiger partial charge in [-0.1, -0.05) is 0 Å². The zero-order valence-corrected chi connectivity index (χ0v) is 18.4. The minimum absolute atomic E-state index is 0.0492. The van der Waals surface area contributed by atoms with Gasteiger partial charge in [-0.25, -0.2) is 0 Å². The van der Waals surface area contributed by atoms with Gasteiger partial charge in [0, 0.05) is 0 Å². The van der Waals surface area contributed by atoms with Crippen LogP contribution in [0.25, 0.3) is 5.57 Å². The van der Waals surface area contributed by atoms with Crippen molar-refractivity contribution in [2.24, 2.45) is 0 Å². The molecule has 1 amide bonds. The van der Waals surface area contributed by atoms with Gasteiger partial charge < -0.3 is 0 Å². The number of hydrogen-bond donors (Lipinski definition) is 2. The van der Waals surface area contributed by atoms with Gasteiger partial charge >= 0.3 is 171 Å². The molecule has 154 valence electrons. The fourth-order valence-electron chi connectivity index (χ4n) is 3.15. The van der Waals surface area contributed by atoms with E-state index in [4.69, 9.17) is 9.79 Å². The fraction of sp³-hybridized carbons (Fsp3) is 0.211. The van der Waals surface area contributed by atoms with Gasteiger partial charge in [0.2, 0.25) is 0 Å². The van der Waals surface area contributed by atoms with E-state index in [1.807, 2.05) is 11.4 Å². The summed E-state index contributed by atoms with van der Waals surface area (Å²) < 4.78 is 43.6. The molecular weight excluding hydrogens is 466 g/mol. The Bertz CT molecular complexity index is 1020. The van der Waals surface area contributed by atoms with E-state index < -0.39 is 40.2 Å². The van der Waals surface area contributed by atoms with E-state index in [9.17, 15) is 18.1 Å². The van der Waals surface area contributed by atoms with Gasteiger partial charge in [0.25, 0.3) is 0 Å². The van der Waals surface area contributed by atoms with Gasteiger partial charge in [-0.3, -0.25) is 0 Å². The molecule has 10 heteroatoms. The third-order valence-corrected chi connectivity index (χ3v) is 6.96. The van der Waals surface area contributed by atoms with Crippen LogP contribution < -0.4 is 4.52 Å². The zero-order valence-electron chi connectivity index (χ0n) is 15.6. The maximum absolute atomic E-state index is 14.3. The summed E-state index contributed by atoms with van der Waals surface area (Å²) in [7, 11) is -4.74. The van der Waals surface area contributed by atoms with Gasteiger partial charge in [0.05, 0.1) is 0 Å². The molecular formula is C19H19AsF2NO5P. The van der Waals surface area contributed by atoms with Gasteiger partial charge in [0.15, 0.2) is 0 Å². The normalized spacial score (nSPS) is 16.9. The van der Waals surface area contributed by atoms with Crippen LogP contribution in [0.2, 0.25) is 11.4 Å². The topological polar surface area (TPSA) is 87.1 Å². The molecule has 0 fully saturated rings. The van der Waals surface area contributed by atoms with Crippen LogP contribution in [-0.4, -0.2) is 40.6 Å². The number of hydrogen-bond acceptors (Lipinski definition) is 3. The van der Waals surface area contributed by atoms with Crippen molar-refractivity contribution in [2.45, 2.75) is 17.5 Å². The SMILES string of the molecule is C[As](C)C(=O)N1CC(c2cc(F)ccc2F)=C[C@H]1c1cccc(OP(=O)(O)O)c1. The van der Waals surface area contributed by atoms with Crippen molar-refractivity contribution in [3.05, 3.63) is 71.3 Å². The second-order valence-corrected chi connectivity index (χ2v) is 12.4.